The van der Waals surface area contributed by atoms with Crippen LogP contribution in [0.25, 0.3) is 0 Å². The van der Waals surface area contributed by atoms with Crippen molar-refractivity contribution in [3.63, 3.8) is 0 Å². The highest BCUT2D eigenvalue weighted by Gasteiger charge is 2.24. The topological polar surface area (TPSA) is 82.9 Å². The Kier molecular flexibility index (Phi) is 6.94. The largest absolute Gasteiger partial charge is 0.490 e. The molecule has 1 aliphatic heterocycles. The zero-order valence-corrected chi connectivity index (χ0v) is 18.1. The van der Waals surface area contributed by atoms with E-state index in [4.69, 9.17) is 4.74 Å². The minimum atomic E-state index is -0.176. The number of hydrogen-bond donors (Lipinski definition) is 1. The van der Waals surface area contributed by atoms with Gasteiger partial charge in [0.25, 0.3) is 5.56 Å². The smallest absolute Gasteiger partial charge is 0.322 e. The summed E-state index contributed by atoms with van der Waals surface area (Å²) < 4.78 is 7.40. The van der Waals surface area contributed by atoms with Crippen molar-refractivity contribution >= 4 is 17.5 Å². The van der Waals surface area contributed by atoms with Gasteiger partial charge in [0.05, 0.1) is 5.69 Å². The van der Waals surface area contributed by atoms with E-state index in [-0.39, 0.29) is 11.6 Å². The van der Waals surface area contributed by atoms with Gasteiger partial charge in [0, 0.05) is 52.2 Å². The minimum Gasteiger partial charge on any atom is -0.490 e. The molecule has 0 saturated carbocycles. The number of aryl methyl sites for hydroxylation is 2. The zero-order chi connectivity index (χ0) is 21.7. The third kappa shape index (κ3) is 5.29. The molecular weight excluding hydrogens is 384 g/mol. The zero-order valence-electron chi connectivity index (χ0n) is 18.1. The predicted molar refractivity (Wildman–Crippen MR) is 118 cm³/mol. The van der Waals surface area contributed by atoms with E-state index in [0.29, 0.717) is 50.0 Å². The van der Waals surface area contributed by atoms with Gasteiger partial charge in [-0.25, -0.2) is 9.78 Å². The van der Waals surface area contributed by atoms with Crippen molar-refractivity contribution in [2.75, 3.05) is 63.6 Å². The lowest BCUT2D eigenvalue weighted by molar-refractivity contribution is 0.207. The fourth-order valence-corrected chi connectivity index (χ4v) is 3.21. The summed E-state index contributed by atoms with van der Waals surface area (Å²) in [6, 6.07) is 5.57. The summed E-state index contributed by atoms with van der Waals surface area (Å²) >= 11 is 0. The number of piperazine rings is 1. The number of hydrogen-bond acceptors (Lipinski definition) is 6. The highest BCUT2D eigenvalue weighted by atomic mass is 16.5. The summed E-state index contributed by atoms with van der Waals surface area (Å²) in [4.78, 5) is 35.0. The molecule has 2 aromatic rings. The van der Waals surface area contributed by atoms with Crippen molar-refractivity contribution in [2.24, 2.45) is 7.05 Å². The Hall–Kier alpha value is -3.07. The van der Waals surface area contributed by atoms with Crippen LogP contribution in [0.2, 0.25) is 0 Å². The SMILES string of the molecule is Cc1ccc(NC(=O)N2CCN(c3nccn(C)c3=O)CC2)c(OCCN(C)C)c1. The van der Waals surface area contributed by atoms with Crippen LogP contribution in [0.4, 0.5) is 16.3 Å². The van der Waals surface area contributed by atoms with Gasteiger partial charge in [0.1, 0.15) is 12.4 Å². The molecular formula is C21H30N6O3. The summed E-state index contributed by atoms with van der Waals surface area (Å²) in [5.41, 5.74) is 1.60. The van der Waals surface area contributed by atoms with Crippen LogP contribution in [0.3, 0.4) is 0 Å². The lowest BCUT2D eigenvalue weighted by atomic mass is 10.2. The molecule has 1 aromatic heterocycles. The number of anilines is 2. The highest BCUT2D eigenvalue weighted by molar-refractivity contribution is 5.91. The second kappa shape index (κ2) is 9.62. The van der Waals surface area contributed by atoms with Gasteiger partial charge in [-0.05, 0) is 38.7 Å². The van der Waals surface area contributed by atoms with Gasteiger partial charge in [0.15, 0.2) is 5.82 Å². The van der Waals surface area contributed by atoms with Crippen molar-refractivity contribution in [2.45, 2.75) is 6.92 Å². The van der Waals surface area contributed by atoms with E-state index < -0.39 is 0 Å². The quantitative estimate of drug-likeness (QED) is 0.769. The lowest BCUT2D eigenvalue weighted by Gasteiger charge is -2.35. The average molecular weight is 415 g/mol. The Bertz CT molecular complexity index is 935. The molecule has 0 radical (unpaired) electrons. The highest BCUT2D eigenvalue weighted by Crippen LogP contribution is 2.26. The van der Waals surface area contributed by atoms with E-state index in [1.54, 1.807) is 24.3 Å². The number of rotatable bonds is 6. The molecule has 1 saturated heterocycles. The first-order chi connectivity index (χ1) is 14.3. The van der Waals surface area contributed by atoms with Crippen LogP contribution in [0.15, 0.2) is 35.4 Å². The van der Waals surface area contributed by atoms with E-state index in [1.807, 2.05) is 49.0 Å². The minimum absolute atomic E-state index is 0.130. The number of aromatic nitrogens is 2. The van der Waals surface area contributed by atoms with E-state index in [0.717, 1.165) is 12.1 Å². The Morgan fingerprint density at radius 1 is 1.23 bits per heavy atom. The van der Waals surface area contributed by atoms with E-state index in [1.165, 1.54) is 4.57 Å². The Labute approximate surface area is 176 Å². The van der Waals surface area contributed by atoms with Crippen molar-refractivity contribution in [3.8, 4) is 5.75 Å². The fourth-order valence-electron chi connectivity index (χ4n) is 3.21. The summed E-state index contributed by atoms with van der Waals surface area (Å²) in [6.07, 6.45) is 3.25. The molecule has 9 heteroatoms. The number of carbonyl (C=O) groups excluding carboxylic acids is 1. The van der Waals surface area contributed by atoms with Crippen LogP contribution in [0.1, 0.15) is 5.56 Å². The van der Waals surface area contributed by atoms with Crippen molar-refractivity contribution < 1.29 is 9.53 Å². The van der Waals surface area contributed by atoms with E-state index in [2.05, 4.69) is 10.3 Å². The number of ether oxygens (including phenoxy) is 1. The van der Waals surface area contributed by atoms with Crippen molar-refractivity contribution in [3.05, 3.63) is 46.5 Å². The van der Waals surface area contributed by atoms with Crippen LogP contribution in [-0.2, 0) is 7.05 Å². The Balaban J connectivity index is 1.61. The second-order valence-electron chi connectivity index (χ2n) is 7.72. The lowest BCUT2D eigenvalue weighted by Crippen LogP contribution is -2.51. The number of benzene rings is 1. The van der Waals surface area contributed by atoms with Gasteiger partial charge in [-0.1, -0.05) is 6.07 Å². The molecule has 162 valence electrons. The number of nitrogens with zero attached hydrogens (tertiary/aromatic N) is 5. The molecule has 0 bridgehead atoms. The van der Waals surface area contributed by atoms with Gasteiger partial charge in [-0.15, -0.1) is 0 Å². The normalized spacial score (nSPS) is 14.2. The molecule has 1 fully saturated rings. The Morgan fingerprint density at radius 3 is 2.67 bits per heavy atom. The summed E-state index contributed by atoms with van der Waals surface area (Å²) in [7, 11) is 5.68. The molecule has 0 atom stereocenters. The summed E-state index contributed by atoms with van der Waals surface area (Å²) in [5, 5.41) is 2.97. The third-order valence-electron chi connectivity index (χ3n) is 5.04. The number of carbonyl (C=O) groups is 1. The van der Waals surface area contributed by atoms with Gasteiger partial charge >= 0.3 is 6.03 Å². The van der Waals surface area contributed by atoms with Gasteiger partial charge in [-0.2, -0.15) is 0 Å². The van der Waals surface area contributed by atoms with Crippen LogP contribution >= 0.6 is 0 Å². The molecule has 9 nitrogen and oxygen atoms in total. The standard InChI is InChI=1S/C21H30N6O3/c1-16-5-6-17(18(15-16)30-14-13-24(2)3)23-21(29)27-11-9-26(10-12-27)19-20(28)25(4)8-7-22-19/h5-8,15H,9-14H2,1-4H3,(H,23,29). The summed E-state index contributed by atoms with van der Waals surface area (Å²) in [6.45, 7) is 5.45. The molecule has 0 aliphatic carbocycles. The van der Waals surface area contributed by atoms with Crippen molar-refractivity contribution in [1.82, 2.24) is 19.4 Å². The third-order valence-corrected chi connectivity index (χ3v) is 5.04. The van der Waals surface area contributed by atoms with Crippen LogP contribution in [-0.4, -0.2) is 78.8 Å². The maximum Gasteiger partial charge on any atom is 0.322 e. The molecule has 2 heterocycles. The van der Waals surface area contributed by atoms with Crippen LogP contribution in [0, 0.1) is 6.92 Å². The number of amides is 2. The number of likely N-dealkylation sites (N-methyl/N-ethyl adjacent to an activating group) is 1. The molecule has 1 aliphatic rings. The monoisotopic (exact) mass is 414 g/mol. The molecule has 0 spiro atoms. The molecule has 3 rings (SSSR count). The molecule has 2 amide bonds. The van der Waals surface area contributed by atoms with Gasteiger partial charge in [-0.3, -0.25) is 4.79 Å². The van der Waals surface area contributed by atoms with Crippen molar-refractivity contribution in [1.29, 1.82) is 0 Å². The maximum absolute atomic E-state index is 12.8. The Morgan fingerprint density at radius 2 is 1.97 bits per heavy atom. The fraction of sp³-hybridized carbons (Fsp3) is 0.476. The average Bonchev–Trinajstić information content (AvgIpc) is 2.72. The van der Waals surface area contributed by atoms with E-state index in [9.17, 15) is 9.59 Å². The van der Waals surface area contributed by atoms with Crippen LogP contribution in [0.5, 0.6) is 5.75 Å². The first-order valence-corrected chi connectivity index (χ1v) is 10.1. The second-order valence-corrected chi connectivity index (χ2v) is 7.72. The predicted octanol–water partition coefficient (Wildman–Crippen LogP) is 1.38. The van der Waals surface area contributed by atoms with Gasteiger partial charge in [0.2, 0.25) is 0 Å². The molecule has 0 unspecified atom stereocenters. The first kappa shape index (κ1) is 21.6. The maximum atomic E-state index is 12.8. The summed E-state index contributed by atoms with van der Waals surface area (Å²) in [5.74, 6) is 1.09. The number of nitrogens with one attached hydrogen (secondary N) is 1. The molecule has 1 aromatic carbocycles. The van der Waals surface area contributed by atoms with E-state index >= 15 is 0 Å². The first-order valence-electron chi connectivity index (χ1n) is 10.1. The number of urea groups is 1. The van der Waals surface area contributed by atoms with Crippen LogP contribution < -0.4 is 20.5 Å². The van der Waals surface area contributed by atoms with Gasteiger partial charge < -0.3 is 29.3 Å². The molecule has 30 heavy (non-hydrogen) atoms. The molecule has 1 N–H and O–H groups in total.